The van der Waals surface area contributed by atoms with E-state index in [4.69, 9.17) is 4.74 Å². The number of rotatable bonds is 7. The quantitative estimate of drug-likeness (QED) is 0.829. The zero-order chi connectivity index (χ0) is 18.4. The minimum atomic E-state index is 0.163. The number of ether oxygens (including phenoxy) is 1. The molecule has 1 amide bonds. The molecule has 0 radical (unpaired) electrons. The van der Waals surface area contributed by atoms with Crippen molar-refractivity contribution in [2.24, 2.45) is 0 Å². The van der Waals surface area contributed by atoms with E-state index in [-0.39, 0.29) is 5.91 Å². The van der Waals surface area contributed by atoms with Crippen molar-refractivity contribution in [2.45, 2.75) is 19.8 Å². The lowest BCUT2D eigenvalue weighted by molar-refractivity contribution is -0.121. The molecule has 0 atom stereocenters. The fourth-order valence-corrected chi connectivity index (χ4v) is 3.52. The van der Waals surface area contributed by atoms with E-state index in [2.05, 4.69) is 45.4 Å². The Morgan fingerprint density at radius 2 is 1.96 bits per heavy atom. The van der Waals surface area contributed by atoms with Crippen LogP contribution in [0.2, 0.25) is 0 Å². The lowest BCUT2D eigenvalue weighted by Crippen LogP contribution is -2.48. The predicted octanol–water partition coefficient (Wildman–Crippen LogP) is 2.89. The maximum atomic E-state index is 11.6. The van der Waals surface area contributed by atoms with Gasteiger partial charge in [-0.25, -0.2) is 0 Å². The number of carbonyl (C=O) groups excluding carboxylic acids is 1. The Hall–Kier alpha value is -2.27. The van der Waals surface area contributed by atoms with Crippen LogP contribution in [0.15, 0.2) is 36.4 Å². The summed E-state index contributed by atoms with van der Waals surface area (Å²) in [6.07, 6.45) is 1.53. The van der Waals surface area contributed by atoms with Gasteiger partial charge in [0.05, 0.1) is 7.11 Å². The highest BCUT2D eigenvalue weighted by atomic mass is 16.5. The largest absolute Gasteiger partial charge is 0.497 e. The van der Waals surface area contributed by atoms with Crippen LogP contribution in [0, 0.1) is 0 Å². The van der Waals surface area contributed by atoms with Crippen LogP contribution in [0.5, 0.6) is 5.75 Å². The Labute approximate surface area is 155 Å². The molecule has 0 spiro atoms. The summed E-state index contributed by atoms with van der Waals surface area (Å²) in [5, 5.41) is 5.49. The van der Waals surface area contributed by atoms with E-state index in [1.54, 1.807) is 7.11 Å². The van der Waals surface area contributed by atoms with Crippen LogP contribution in [-0.4, -0.2) is 57.2 Å². The second-order valence-corrected chi connectivity index (χ2v) is 6.79. The SMILES string of the molecule is CCCC(=O)NCCN1CCN(c2cccc3ccc(OC)cc23)CC1. The van der Waals surface area contributed by atoms with Gasteiger partial charge in [-0.1, -0.05) is 25.1 Å². The first-order chi connectivity index (χ1) is 12.7. The molecule has 1 heterocycles. The molecule has 0 saturated carbocycles. The van der Waals surface area contributed by atoms with Crippen molar-refractivity contribution in [3.8, 4) is 5.75 Å². The van der Waals surface area contributed by atoms with Gasteiger partial charge in [-0.2, -0.15) is 0 Å². The number of amides is 1. The molecule has 0 aromatic heterocycles. The van der Waals surface area contributed by atoms with Crippen LogP contribution in [0.1, 0.15) is 19.8 Å². The van der Waals surface area contributed by atoms with Crippen molar-refractivity contribution in [2.75, 3.05) is 51.3 Å². The normalized spacial score (nSPS) is 15.2. The Morgan fingerprint density at radius 3 is 2.69 bits per heavy atom. The van der Waals surface area contributed by atoms with Gasteiger partial charge in [-0.3, -0.25) is 9.69 Å². The van der Waals surface area contributed by atoms with E-state index in [9.17, 15) is 4.79 Å². The Morgan fingerprint density at radius 1 is 1.15 bits per heavy atom. The van der Waals surface area contributed by atoms with Crippen LogP contribution < -0.4 is 15.0 Å². The molecule has 1 saturated heterocycles. The van der Waals surface area contributed by atoms with Gasteiger partial charge in [0.25, 0.3) is 0 Å². The third kappa shape index (κ3) is 4.47. The van der Waals surface area contributed by atoms with Crippen molar-refractivity contribution in [1.82, 2.24) is 10.2 Å². The van der Waals surface area contributed by atoms with Crippen molar-refractivity contribution < 1.29 is 9.53 Å². The molecule has 1 fully saturated rings. The maximum absolute atomic E-state index is 11.6. The highest BCUT2D eigenvalue weighted by Crippen LogP contribution is 2.30. The van der Waals surface area contributed by atoms with E-state index < -0.39 is 0 Å². The second-order valence-electron chi connectivity index (χ2n) is 6.79. The molecule has 140 valence electrons. The number of fused-ring (bicyclic) bond motifs is 1. The number of methoxy groups -OCH3 is 1. The van der Waals surface area contributed by atoms with E-state index in [1.165, 1.54) is 16.5 Å². The average molecular weight is 355 g/mol. The minimum absolute atomic E-state index is 0.163. The highest BCUT2D eigenvalue weighted by Gasteiger charge is 2.18. The highest BCUT2D eigenvalue weighted by molar-refractivity contribution is 5.95. The zero-order valence-electron chi connectivity index (χ0n) is 15.8. The van der Waals surface area contributed by atoms with E-state index >= 15 is 0 Å². The molecule has 2 aromatic carbocycles. The number of nitrogens with one attached hydrogen (secondary N) is 1. The number of hydrogen-bond acceptors (Lipinski definition) is 4. The molecular formula is C21H29N3O2. The Bertz CT molecular complexity index is 739. The molecule has 0 bridgehead atoms. The number of anilines is 1. The number of benzene rings is 2. The van der Waals surface area contributed by atoms with Gasteiger partial charge in [0, 0.05) is 56.8 Å². The molecular weight excluding hydrogens is 326 g/mol. The fourth-order valence-electron chi connectivity index (χ4n) is 3.52. The zero-order valence-corrected chi connectivity index (χ0v) is 15.8. The molecule has 5 heteroatoms. The fraction of sp³-hybridized carbons (Fsp3) is 0.476. The Kier molecular flexibility index (Phi) is 6.34. The minimum Gasteiger partial charge on any atom is -0.497 e. The van der Waals surface area contributed by atoms with Crippen LogP contribution in [0.25, 0.3) is 10.8 Å². The monoisotopic (exact) mass is 355 g/mol. The summed E-state index contributed by atoms with van der Waals surface area (Å²) >= 11 is 0. The average Bonchev–Trinajstić information content (AvgIpc) is 2.68. The molecule has 1 aliphatic heterocycles. The first kappa shape index (κ1) is 18.5. The second kappa shape index (κ2) is 8.90. The Balaban J connectivity index is 1.58. The lowest BCUT2D eigenvalue weighted by atomic mass is 10.1. The number of hydrogen-bond donors (Lipinski definition) is 1. The number of piperazine rings is 1. The van der Waals surface area contributed by atoms with Gasteiger partial charge in [-0.05, 0) is 30.0 Å². The topological polar surface area (TPSA) is 44.8 Å². The van der Waals surface area contributed by atoms with Gasteiger partial charge >= 0.3 is 0 Å². The predicted molar refractivity (Wildman–Crippen MR) is 107 cm³/mol. The van der Waals surface area contributed by atoms with Gasteiger partial charge in [0.1, 0.15) is 5.75 Å². The van der Waals surface area contributed by atoms with Crippen molar-refractivity contribution in [3.63, 3.8) is 0 Å². The summed E-state index contributed by atoms with van der Waals surface area (Å²) in [6.45, 7) is 7.73. The van der Waals surface area contributed by atoms with E-state index in [0.29, 0.717) is 6.42 Å². The third-order valence-corrected chi connectivity index (χ3v) is 5.01. The molecule has 0 unspecified atom stereocenters. The van der Waals surface area contributed by atoms with Crippen LogP contribution >= 0.6 is 0 Å². The summed E-state index contributed by atoms with van der Waals surface area (Å²) < 4.78 is 5.40. The van der Waals surface area contributed by atoms with Crippen molar-refractivity contribution in [1.29, 1.82) is 0 Å². The summed E-state index contributed by atoms with van der Waals surface area (Å²) in [6, 6.07) is 12.7. The molecule has 26 heavy (non-hydrogen) atoms. The van der Waals surface area contributed by atoms with Crippen LogP contribution in [-0.2, 0) is 4.79 Å². The van der Waals surface area contributed by atoms with Gasteiger partial charge < -0.3 is 15.0 Å². The standard InChI is InChI=1S/C21H29N3O2/c1-3-5-21(25)22-10-11-23-12-14-24(15-13-23)20-7-4-6-17-8-9-18(26-2)16-19(17)20/h4,6-9,16H,3,5,10-15H2,1-2H3,(H,22,25). The summed E-state index contributed by atoms with van der Waals surface area (Å²) in [4.78, 5) is 16.4. The van der Waals surface area contributed by atoms with Gasteiger partial charge in [0.15, 0.2) is 0 Å². The maximum Gasteiger partial charge on any atom is 0.220 e. The number of nitrogens with zero attached hydrogens (tertiary/aromatic N) is 2. The first-order valence-electron chi connectivity index (χ1n) is 9.52. The van der Waals surface area contributed by atoms with Crippen molar-refractivity contribution >= 4 is 22.4 Å². The van der Waals surface area contributed by atoms with Gasteiger partial charge in [-0.15, -0.1) is 0 Å². The molecule has 1 N–H and O–H groups in total. The summed E-state index contributed by atoms with van der Waals surface area (Å²) in [5.41, 5.74) is 1.28. The van der Waals surface area contributed by atoms with E-state index in [0.717, 1.165) is 51.4 Å². The molecule has 1 aliphatic rings. The molecule has 0 aliphatic carbocycles. The van der Waals surface area contributed by atoms with E-state index in [1.807, 2.05) is 13.0 Å². The van der Waals surface area contributed by atoms with Crippen molar-refractivity contribution in [3.05, 3.63) is 36.4 Å². The smallest absolute Gasteiger partial charge is 0.220 e. The molecule has 2 aromatic rings. The first-order valence-corrected chi connectivity index (χ1v) is 9.52. The lowest BCUT2D eigenvalue weighted by Gasteiger charge is -2.36. The number of carbonyl (C=O) groups is 1. The third-order valence-electron chi connectivity index (χ3n) is 5.01. The van der Waals surface area contributed by atoms with Gasteiger partial charge in [0.2, 0.25) is 5.91 Å². The summed E-state index contributed by atoms with van der Waals surface area (Å²) in [5.74, 6) is 1.06. The summed E-state index contributed by atoms with van der Waals surface area (Å²) in [7, 11) is 1.71. The van der Waals surface area contributed by atoms with Crippen LogP contribution in [0.4, 0.5) is 5.69 Å². The molecule has 5 nitrogen and oxygen atoms in total. The molecule has 3 rings (SSSR count). The van der Waals surface area contributed by atoms with Crippen LogP contribution in [0.3, 0.4) is 0 Å².